The lowest BCUT2D eigenvalue weighted by atomic mass is 10.2. The number of aliphatic hydroxyl groups is 2. The van der Waals surface area contributed by atoms with Crippen LogP contribution in [-0.2, 0) is 4.74 Å². The highest BCUT2D eigenvalue weighted by Crippen LogP contribution is 1.91. The molecule has 0 aliphatic rings. The summed E-state index contributed by atoms with van der Waals surface area (Å²) in [7, 11) is 0. The van der Waals surface area contributed by atoms with Gasteiger partial charge < -0.3 is 14.9 Å². The maximum absolute atomic E-state index is 8.40. The molecule has 3 nitrogen and oxygen atoms in total. The standard InChI is InChI=1S/C5H12O3/c1-5(2-6)3-8-4-7/h5-7H,2-4H2,1H3. The fourth-order valence-corrected chi connectivity index (χ4v) is 0.307. The van der Waals surface area contributed by atoms with Crippen LogP contribution in [0.15, 0.2) is 0 Å². The first-order valence-corrected chi connectivity index (χ1v) is 2.60. The van der Waals surface area contributed by atoms with Gasteiger partial charge in [-0.1, -0.05) is 6.92 Å². The average Bonchev–Trinajstić information content (AvgIpc) is 1.83. The van der Waals surface area contributed by atoms with Crippen molar-refractivity contribution in [2.24, 2.45) is 5.92 Å². The molecule has 8 heavy (non-hydrogen) atoms. The van der Waals surface area contributed by atoms with Crippen LogP contribution in [-0.4, -0.2) is 30.2 Å². The van der Waals surface area contributed by atoms with Gasteiger partial charge in [0, 0.05) is 12.5 Å². The van der Waals surface area contributed by atoms with Crippen molar-refractivity contribution in [1.29, 1.82) is 0 Å². The van der Waals surface area contributed by atoms with Crippen LogP contribution < -0.4 is 0 Å². The van der Waals surface area contributed by atoms with Gasteiger partial charge in [-0.15, -0.1) is 0 Å². The molecular weight excluding hydrogens is 108 g/mol. The van der Waals surface area contributed by atoms with Crippen molar-refractivity contribution in [2.45, 2.75) is 6.92 Å². The third-order valence-corrected chi connectivity index (χ3v) is 0.805. The summed E-state index contributed by atoms with van der Waals surface area (Å²) in [5.74, 6) is 0.127. The quantitative estimate of drug-likeness (QED) is 0.495. The average molecular weight is 120 g/mol. The molecule has 0 rings (SSSR count). The van der Waals surface area contributed by atoms with Crippen molar-refractivity contribution in [3.63, 3.8) is 0 Å². The summed E-state index contributed by atoms with van der Waals surface area (Å²) in [5, 5.41) is 16.5. The second-order valence-corrected chi connectivity index (χ2v) is 1.79. The van der Waals surface area contributed by atoms with Crippen LogP contribution in [0.3, 0.4) is 0 Å². The number of aliphatic hydroxyl groups excluding tert-OH is 2. The molecule has 50 valence electrons. The summed E-state index contributed by atoms with van der Waals surface area (Å²) in [6.07, 6.45) is 0. The molecule has 0 saturated carbocycles. The number of ether oxygens (including phenoxy) is 1. The van der Waals surface area contributed by atoms with Crippen LogP contribution in [0, 0.1) is 5.92 Å². The summed E-state index contributed by atoms with van der Waals surface area (Å²) >= 11 is 0. The smallest absolute Gasteiger partial charge is 0.143 e. The lowest BCUT2D eigenvalue weighted by molar-refractivity contribution is -0.0221. The molecule has 1 atom stereocenters. The SMILES string of the molecule is CC(CO)COCO. The summed E-state index contributed by atoms with van der Waals surface area (Å²) in [6.45, 7) is 2.12. The van der Waals surface area contributed by atoms with Gasteiger partial charge in [0.1, 0.15) is 6.79 Å². The summed E-state index contributed by atoms with van der Waals surface area (Å²) in [4.78, 5) is 0. The zero-order valence-corrected chi connectivity index (χ0v) is 5.00. The molecule has 0 radical (unpaired) electrons. The van der Waals surface area contributed by atoms with Gasteiger partial charge in [-0.2, -0.15) is 0 Å². The van der Waals surface area contributed by atoms with Gasteiger partial charge in [-0.25, -0.2) is 0 Å². The van der Waals surface area contributed by atoms with E-state index in [2.05, 4.69) is 4.74 Å². The van der Waals surface area contributed by atoms with Gasteiger partial charge in [-0.05, 0) is 0 Å². The van der Waals surface area contributed by atoms with E-state index in [9.17, 15) is 0 Å². The molecule has 0 heterocycles. The summed E-state index contributed by atoms with van der Waals surface area (Å²) < 4.78 is 4.58. The Hall–Kier alpha value is -0.120. The highest BCUT2D eigenvalue weighted by Gasteiger charge is 1.96. The van der Waals surface area contributed by atoms with Gasteiger partial charge in [0.05, 0.1) is 6.61 Å². The van der Waals surface area contributed by atoms with E-state index in [1.165, 1.54) is 0 Å². The first kappa shape index (κ1) is 7.88. The van der Waals surface area contributed by atoms with Crippen LogP contribution >= 0.6 is 0 Å². The molecule has 1 unspecified atom stereocenters. The Bertz CT molecular complexity index is 46.9. The van der Waals surface area contributed by atoms with E-state index in [0.717, 1.165) is 0 Å². The Morgan fingerprint density at radius 3 is 2.50 bits per heavy atom. The van der Waals surface area contributed by atoms with E-state index in [-0.39, 0.29) is 19.3 Å². The largest absolute Gasteiger partial charge is 0.396 e. The van der Waals surface area contributed by atoms with E-state index < -0.39 is 0 Å². The number of rotatable bonds is 4. The van der Waals surface area contributed by atoms with Crippen LogP contribution in [0.25, 0.3) is 0 Å². The van der Waals surface area contributed by atoms with Crippen molar-refractivity contribution in [3.05, 3.63) is 0 Å². The van der Waals surface area contributed by atoms with Crippen LogP contribution in [0.5, 0.6) is 0 Å². The van der Waals surface area contributed by atoms with Crippen molar-refractivity contribution < 1.29 is 14.9 Å². The molecule has 0 aromatic rings. The zero-order valence-electron chi connectivity index (χ0n) is 5.00. The minimum absolute atomic E-state index is 0.111. The second kappa shape index (κ2) is 5.03. The third-order valence-electron chi connectivity index (χ3n) is 0.805. The maximum Gasteiger partial charge on any atom is 0.143 e. The first-order chi connectivity index (χ1) is 3.81. The molecule has 0 aliphatic heterocycles. The van der Waals surface area contributed by atoms with Gasteiger partial charge >= 0.3 is 0 Å². The molecule has 3 heteroatoms. The molecule has 0 bridgehead atoms. The predicted molar refractivity (Wildman–Crippen MR) is 29.3 cm³/mol. The fraction of sp³-hybridized carbons (Fsp3) is 1.00. The van der Waals surface area contributed by atoms with Crippen molar-refractivity contribution in [3.8, 4) is 0 Å². The molecule has 0 spiro atoms. The predicted octanol–water partition coefficient (Wildman–Crippen LogP) is -0.419. The van der Waals surface area contributed by atoms with E-state index >= 15 is 0 Å². The number of hydrogen-bond acceptors (Lipinski definition) is 3. The minimum atomic E-state index is -0.260. The van der Waals surface area contributed by atoms with Gasteiger partial charge in [0.2, 0.25) is 0 Å². The number of hydrogen-bond donors (Lipinski definition) is 2. The Kier molecular flexibility index (Phi) is 4.95. The zero-order chi connectivity index (χ0) is 6.41. The molecule has 0 saturated heterocycles. The maximum atomic E-state index is 8.40. The van der Waals surface area contributed by atoms with Crippen LogP contribution in [0.2, 0.25) is 0 Å². The van der Waals surface area contributed by atoms with Gasteiger partial charge in [-0.3, -0.25) is 0 Å². The van der Waals surface area contributed by atoms with E-state index in [1.807, 2.05) is 6.92 Å². The fourth-order valence-electron chi connectivity index (χ4n) is 0.307. The summed E-state index contributed by atoms with van der Waals surface area (Å²) in [6, 6.07) is 0. The highest BCUT2D eigenvalue weighted by molar-refractivity contribution is 4.44. The Balaban J connectivity index is 2.86. The van der Waals surface area contributed by atoms with Crippen molar-refractivity contribution in [1.82, 2.24) is 0 Å². The van der Waals surface area contributed by atoms with Crippen LogP contribution in [0.1, 0.15) is 6.92 Å². The summed E-state index contributed by atoms with van der Waals surface area (Å²) in [5.41, 5.74) is 0. The van der Waals surface area contributed by atoms with E-state index in [0.29, 0.717) is 6.61 Å². The lowest BCUT2D eigenvalue weighted by Gasteiger charge is -2.04. The van der Waals surface area contributed by atoms with E-state index in [4.69, 9.17) is 10.2 Å². The highest BCUT2D eigenvalue weighted by atomic mass is 16.6. The third kappa shape index (κ3) is 4.05. The lowest BCUT2D eigenvalue weighted by Crippen LogP contribution is -2.09. The van der Waals surface area contributed by atoms with Crippen molar-refractivity contribution in [2.75, 3.05) is 20.0 Å². The Morgan fingerprint density at radius 2 is 2.12 bits per heavy atom. The van der Waals surface area contributed by atoms with Gasteiger partial charge in [0.25, 0.3) is 0 Å². The Labute approximate surface area is 48.9 Å². The Morgan fingerprint density at radius 1 is 1.50 bits per heavy atom. The second-order valence-electron chi connectivity index (χ2n) is 1.79. The first-order valence-electron chi connectivity index (χ1n) is 2.60. The van der Waals surface area contributed by atoms with E-state index in [1.54, 1.807) is 0 Å². The minimum Gasteiger partial charge on any atom is -0.396 e. The molecule has 0 fully saturated rings. The molecule has 0 aromatic heterocycles. The normalized spacial score (nSPS) is 13.9. The molecule has 2 N–H and O–H groups in total. The molecule has 0 aromatic carbocycles. The van der Waals surface area contributed by atoms with Crippen LogP contribution in [0.4, 0.5) is 0 Å². The molecular formula is C5H12O3. The van der Waals surface area contributed by atoms with Crippen molar-refractivity contribution >= 4 is 0 Å². The topological polar surface area (TPSA) is 49.7 Å². The molecule has 0 amide bonds. The van der Waals surface area contributed by atoms with Gasteiger partial charge in [0.15, 0.2) is 0 Å². The monoisotopic (exact) mass is 120 g/mol. The molecule has 0 aliphatic carbocycles.